The van der Waals surface area contributed by atoms with Crippen molar-refractivity contribution in [1.82, 2.24) is 4.90 Å². The number of aliphatic hydroxyl groups excluding tert-OH is 1. The van der Waals surface area contributed by atoms with Crippen LogP contribution in [0.1, 0.15) is 82.4 Å². The third kappa shape index (κ3) is 5.45. The van der Waals surface area contributed by atoms with Gasteiger partial charge in [0.15, 0.2) is 6.29 Å². The Balaban J connectivity index is 1.27. The molecule has 1 aliphatic carbocycles. The van der Waals surface area contributed by atoms with Gasteiger partial charge in [-0.15, -0.1) is 6.58 Å². The minimum atomic E-state index is -0.626. The smallest absolute Gasteiger partial charge is 0.266 e. The van der Waals surface area contributed by atoms with Gasteiger partial charge in [0.25, 0.3) is 11.8 Å². The molecule has 2 fully saturated rings. The molecule has 1 N–H and O–H groups in total. The monoisotopic (exact) mass is 566 g/mol. The quantitative estimate of drug-likeness (QED) is 0.245. The number of hydrogen-bond acceptors (Lipinski definition) is 6. The van der Waals surface area contributed by atoms with E-state index in [1.54, 1.807) is 36.4 Å². The van der Waals surface area contributed by atoms with Gasteiger partial charge in [0.1, 0.15) is 0 Å². The Kier molecular flexibility index (Phi) is 8.36. The van der Waals surface area contributed by atoms with Gasteiger partial charge in [-0.25, -0.2) is 4.90 Å². The number of aliphatic hydroxyl groups is 1. The van der Waals surface area contributed by atoms with E-state index in [1.165, 1.54) is 30.6 Å². The van der Waals surface area contributed by atoms with E-state index in [1.807, 2.05) is 42.5 Å². The first-order valence-corrected chi connectivity index (χ1v) is 14.9. The summed E-state index contributed by atoms with van der Waals surface area (Å²) in [7, 11) is 0. The minimum Gasteiger partial charge on any atom is -0.392 e. The van der Waals surface area contributed by atoms with E-state index >= 15 is 0 Å². The van der Waals surface area contributed by atoms with Crippen LogP contribution in [0.15, 0.2) is 85.5 Å². The topological polar surface area (TPSA) is 79.3 Å². The van der Waals surface area contributed by atoms with Gasteiger partial charge in [-0.2, -0.15) is 0 Å². The summed E-state index contributed by atoms with van der Waals surface area (Å²) in [6.07, 6.45) is 5.94. The minimum absolute atomic E-state index is 0.00687. The Bertz CT molecular complexity index is 1400. The molecule has 7 nitrogen and oxygen atoms in total. The molecular weight excluding hydrogens is 528 g/mol. The number of anilines is 1. The van der Waals surface area contributed by atoms with Crippen LogP contribution < -0.4 is 4.90 Å². The van der Waals surface area contributed by atoms with E-state index < -0.39 is 6.29 Å². The van der Waals surface area contributed by atoms with E-state index in [0.717, 1.165) is 29.8 Å². The molecule has 2 aliphatic heterocycles. The van der Waals surface area contributed by atoms with Crippen LogP contribution in [0.4, 0.5) is 5.69 Å². The van der Waals surface area contributed by atoms with Crippen LogP contribution in [0.3, 0.4) is 0 Å². The SMILES string of the molecule is C=CCN(C[C@H]1O[C@@H](c2ccc(N3C(=O)c4ccccc4C3=O)cc2)O[C@@H](c2ccc(CO)cc2)[C@H]1C)C1CCCC1. The van der Waals surface area contributed by atoms with E-state index in [2.05, 4.69) is 18.4 Å². The highest BCUT2D eigenvalue weighted by Crippen LogP contribution is 2.43. The number of imide groups is 1. The Morgan fingerprint density at radius 1 is 0.905 bits per heavy atom. The summed E-state index contributed by atoms with van der Waals surface area (Å²) in [5.74, 6) is -0.557. The predicted octanol–water partition coefficient (Wildman–Crippen LogP) is 6.20. The summed E-state index contributed by atoms with van der Waals surface area (Å²) in [5.41, 5.74) is 4.07. The Morgan fingerprint density at radius 2 is 1.52 bits per heavy atom. The molecule has 0 aromatic heterocycles. The van der Waals surface area contributed by atoms with Gasteiger partial charge in [-0.3, -0.25) is 14.5 Å². The van der Waals surface area contributed by atoms with Gasteiger partial charge in [0.05, 0.1) is 35.6 Å². The van der Waals surface area contributed by atoms with Crippen molar-refractivity contribution in [2.75, 3.05) is 18.0 Å². The zero-order chi connectivity index (χ0) is 29.2. The van der Waals surface area contributed by atoms with Crippen LogP contribution in [0.5, 0.6) is 0 Å². The predicted molar refractivity (Wildman–Crippen MR) is 161 cm³/mol. The highest BCUT2D eigenvalue weighted by Gasteiger charge is 2.41. The van der Waals surface area contributed by atoms with E-state index in [4.69, 9.17) is 9.47 Å². The fourth-order valence-corrected chi connectivity index (χ4v) is 6.57. The molecule has 42 heavy (non-hydrogen) atoms. The molecule has 0 spiro atoms. The van der Waals surface area contributed by atoms with Crippen LogP contribution in [0.25, 0.3) is 0 Å². The second-order valence-corrected chi connectivity index (χ2v) is 11.6. The number of carbonyl (C=O) groups is 2. The number of nitrogens with zero attached hydrogens (tertiary/aromatic N) is 2. The van der Waals surface area contributed by atoms with Crippen molar-refractivity contribution in [3.05, 3.63) is 113 Å². The van der Waals surface area contributed by atoms with Crippen LogP contribution in [-0.2, 0) is 16.1 Å². The van der Waals surface area contributed by atoms with E-state index in [9.17, 15) is 14.7 Å². The van der Waals surface area contributed by atoms with Crippen molar-refractivity contribution in [2.24, 2.45) is 5.92 Å². The van der Waals surface area contributed by atoms with Crippen LogP contribution in [-0.4, -0.2) is 47.1 Å². The van der Waals surface area contributed by atoms with Crippen molar-refractivity contribution in [3.63, 3.8) is 0 Å². The Morgan fingerprint density at radius 3 is 2.12 bits per heavy atom. The molecule has 218 valence electrons. The Hall–Kier alpha value is -3.62. The molecule has 1 saturated carbocycles. The second kappa shape index (κ2) is 12.3. The van der Waals surface area contributed by atoms with Gasteiger partial charge in [0, 0.05) is 30.6 Å². The average molecular weight is 567 g/mol. The van der Waals surface area contributed by atoms with Gasteiger partial charge >= 0.3 is 0 Å². The number of benzene rings is 3. The molecule has 3 aromatic rings. The van der Waals surface area contributed by atoms with Gasteiger partial charge in [0.2, 0.25) is 0 Å². The number of ether oxygens (including phenoxy) is 2. The maximum absolute atomic E-state index is 13.0. The molecule has 0 bridgehead atoms. The van der Waals surface area contributed by atoms with Crippen molar-refractivity contribution in [2.45, 2.75) is 63.8 Å². The van der Waals surface area contributed by atoms with Gasteiger partial charge in [-0.1, -0.05) is 74.4 Å². The molecule has 6 rings (SSSR count). The number of amides is 2. The zero-order valence-electron chi connectivity index (χ0n) is 24.0. The first-order valence-electron chi connectivity index (χ1n) is 14.9. The maximum atomic E-state index is 13.0. The summed E-state index contributed by atoms with van der Waals surface area (Å²) in [4.78, 5) is 29.7. The molecule has 1 saturated heterocycles. The lowest BCUT2D eigenvalue weighted by Crippen LogP contribution is -2.47. The summed E-state index contributed by atoms with van der Waals surface area (Å²) in [5, 5.41) is 9.55. The summed E-state index contributed by atoms with van der Waals surface area (Å²) >= 11 is 0. The standard InChI is InChI=1S/C35H38N2O5/c1-3-20-36(27-8-4-5-9-27)21-31-23(2)32(25-14-12-24(22-38)13-15-25)42-35(41-31)26-16-18-28(19-17-26)37-33(39)29-10-6-7-11-30(29)34(37)40/h3,6-7,10-19,23,27,31-32,35,38H,1,4-5,8-9,20-22H2,2H3/t23-,31+,32+,35+/m0/s1. The van der Waals surface area contributed by atoms with Crippen molar-refractivity contribution in [1.29, 1.82) is 0 Å². The molecular formula is C35H38N2O5. The third-order valence-corrected chi connectivity index (χ3v) is 8.96. The highest BCUT2D eigenvalue weighted by atomic mass is 16.7. The van der Waals surface area contributed by atoms with Crippen LogP contribution in [0, 0.1) is 5.92 Å². The summed E-state index contributed by atoms with van der Waals surface area (Å²) < 4.78 is 13.3. The molecule has 4 atom stereocenters. The van der Waals surface area contributed by atoms with Crippen molar-refractivity contribution in [3.8, 4) is 0 Å². The first kappa shape index (κ1) is 28.5. The fraction of sp³-hybridized carbons (Fsp3) is 0.371. The van der Waals surface area contributed by atoms with Gasteiger partial charge in [-0.05, 0) is 48.2 Å². The molecule has 3 aliphatic rings. The number of rotatable bonds is 9. The lowest BCUT2D eigenvalue weighted by molar-refractivity contribution is -0.276. The number of carbonyl (C=O) groups excluding carboxylic acids is 2. The maximum Gasteiger partial charge on any atom is 0.266 e. The average Bonchev–Trinajstić information content (AvgIpc) is 3.65. The highest BCUT2D eigenvalue weighted by molar-refractivity contribution is 6.34. The largest absolute Gasteiger partial charge is 0.392 e. The van der Waals surface area contributed by atoms with E-state index in [0.29, 0.717) is 22.9 Å². The van der Waals surface area contributed by atoms with Crippen LogP contribution >= 0.6 is 0 Å². The van der Waals surface area contributed by atoms with Crippen molar-refractivity contribution < 1.29 is 24.2 Å². The molecule has 3 aromatic carbocycles. The molecule has 7 heteroatoms. The molecule has 2 amide bonds. The lowest BCUT2D eigenvalue weighted by Gasteiger charge is -2.43. The van der Waals surface area contributed by atoms with Gasteiger partial charge < -0.3 is 14.6 Å². The zero-order valence-corrected chi connectivity index (χ0v) is 24.0. The Labute approximate surface area is 247 Å². The molecule has 0 unspecified atom stereocenters. The van der Waals surface area contributed by atoms with E-state index in [-0.39, 0.29) is 36.5 Å². The second-order valence-electron chi connectivity index (χ2n) is 11.6. The number of hydrogen-bond donors (Lipinski definition) is 1. The lowest BCUT2D eigenvalue weighted by atomic mass is 9.89. The summed E-state index contributed by atoms with van der Waals surface area (Å²) in [6, 6.07) is 22.7. The number of fused-ring (bicyclic) bond motifs is 1. The molecule has 0 radical (unpaired) electrons. The third-order valence-electron chi connectivity index (χ3n) is 8.96. The summed E-state index contributed by atoms with van der Waals surface area (Å²) in [6.45, 7) is 7.77. The molecule has 2 heterocycles. The van der Waals surface area contributed by atoms with Crippen molar-refractivity contribution >= 4 is 17.5 Å². The van der Waals surface area contributed by atoms with Crippen LogP contribution in [0.2, 0.25) is 0 Å². The normalized spacial score (nSPS) is 24.4. The fourth-order valence-electron chi connectivity index (χ4n) is 6.57. The first-order chi connectivity index (χ1) is 20.5.